The van der Waals surface area contributed by atoms with E-state index < -0.39 is 0 Å². The smallest absolute Gasteiger partial charge is 0.223 e. The van der Waals surface area contributed by atoms with Gasteiger partial charge in [0, 0.05) is 32.0 Å². The lowest BCUT2D eigenvalue weighted by Gasteiger charge is -2.23. The second-order valence-corrected chi connectivity index (χ2v) is 4.55. The Morgan fingerprint density at radius 3 is 2.53 bits per heavy atom. The first-order valence-corrected chi connectivity index (χ1v) is 6.68. The summed E-state index contributed by atoms with van der Waals surface area (Å²) >= 11 is 0. The Morgan fingerprint density at radius 2 is 2.00 bits per heavy atom. The molecule has 0 aromatic carbocycles. The van der Waals surface area contributed by atoms with Gasteiger partial charge in [-0.2, -0.15) is 0 Å². The molecule has 1 aromatic rings. The first-order valence-electron chi connectivity index (χ1n) is 6.68. The topological polar surface area (TPSA) is 54.7 Å². The quantitative estimate of drug-likeness (QED) is 0.811. The summed E-state index contributed by atoms with van der Waals surface area (Å²) in [5, 5.41) is 10.0. The minimum Gasteiger partial charge on any atom is -0.503 e. The van der Waals surface area contributed by atoms with Gasteiger partial charge in [0.1, 0.15) is 0 Å². The van der Waals surface area contributed by atoms with Crippen LogP contribution in [0.5, 0.6) is 5.75 Å². The van der Waals surface area contributed by atoms with Gasteiger partial charge < -0.3 is 14.4 Å². The second-order valence-electron chi connectivity index (χ2n) is 4.55. The molecule has 0 unspecified atom stereocenters. The lowest BCUT2D eigenvalue weighted by Crippen LogP contribution is -2.27. The minimum atomic E-state index is -0.312. The molecule has 0 bridgehead atoms. The van der Waals surface area contributed by atoms with Crippen molar-refractivity contribution in [3.8, 4) is 5.75 Å². The van der Waals surface area contributed by atoms with Gasteiger partial charge in [-0.15, -0.1) is 0 Å². The van der Waals surface area contributed by atoms with Gasteiger partial charge in [-0.05, 0) is 20.0 Å². The zero-order valence-electron chi connectivity index (χ0n) is 12.3. The number of pyridine rings is 1. The molecule has 0 saturated heterocycles. The van der Waals surface area contributed by atoms with Crippen molar-refractivity contribution in [1.29, 1.82) is 0 Å². The highest BCUT2D eigenvalue weighted by Crippen LogP contribution is 2.16. The molecule has 19 heavy (non-hydrogen) atoms. The van der Waals surface area contributed by atoms with Gasteiger partial charge in [0.2, 0.25) is 5.43 Å². The van der Waals surface area contributed by atoms with E-state index in [0.717, 1.165) is 18.8 Å². The Labute approximate surface area is 114 Å². The Kier molecular flexibility index (Phi) is 6.05. The largest absolute Gasteiger partial charge is 0.503 e. The molecule has 5 nitrogen and oxygen atoms in total. The Balaban J connectivity index is 3.19. The van der Waals surface area contributed by atoms with Crippen LogP contribution in [0.4, 0.5) is 0 Å². The molecule has 1 rings (SSSR count). The third kappa shape index (κ3) is 3.81. The van der Waals surface area contributed by atoms with Crippen molar-refractivity contribution < 1.29 is 9.84 Å². The summed E-state index contributed by atoms with van der Waals surface area (Å²) in [6.07, 6.45) is 0. The van der Waals surface area contributed by atoms with Gasteiger partial charge >= 0.3 is 0 Å². The van der Waals surface area contributed by atoms with Crippen LogP contribution in [0.1, 0.15) is 25.2 Å². The fourth-order valence-electron chi connectivity index (χ4n) is 2.13. The summed E-state index contributed by atoms with van der Waals surface area (Å²) in [5.74, 6) is -0.145. The number of nitrogens with zero attached hydrogens (tertiary/aromatic N) is 2. The van der Waals surface area contributed by atoms with Crippen LogP contribution in [0.3, 0.4) is 0 Å². The summed E-state index contributed by atoms with van der Waals surface area (Å²) in [6, 6.07) is 1.47. The molecule has 0 fully saturated rings. The van der Waals surface area contributed by atoms with Crippen molar-refractivity contribution >= 4 is 0 Å². The number of hydrogen-bond donors (Lipinski definition) is 1. The van der Waals surface area contributed by atoms with E-state index >= 15 is 0 Å². The van der Waals surface area contributed by atoms with E-state index in [0.29, 0.717) is 25.4 Å². The van der Waals surface area contributed by atoms with E-state index in [4.69, 9.17) is 4.74 Å². The van der Waals surface area contributed by atoms with Crippen LogP contribution in [0.2, 0.25) is 0 Å². The molecule has 0 aliphatic heterocycles. The highest BCUT2D eigenvalue weighted by molar-refractivity contribution is 5.29. The highest BCUT2D eigenvalue weighted by Gasteiger charge is 2.15. The number of aromatic hydroxyl groups is 1. The van der Waals surface area contributed by atoms with Crippen LogP contribution in [0, 0.1) is 6.92 Å². The van der Waals surface area contributed by atoms with E-state index in [-0.39, 0.29) is 11.2 Å². The molecule has 108 valence electrons. The predicted molar refractivity (Wildman–Crippen MR) is 75.6 cm³/mol. The van der Waals surface area contributed by atoms with Crippen molar-refractivity contribution in [2.24, 2.45) is 0 Å². The second kappa shape index (κ2) is 7.31. The van der Waals surface area contributed by atoms with Gasteiger partial charge in [-0.25, -0.2) is 0 Å². The van der Waals surface area contributed by atoms with Gasteiger partial charge in [0.05, 0.1) is 12.3 Å². The molecule has 1 heterocycles. The molecular weight excluding hydrogens is 244 g/mol. The zero-order chi connectivity index (χ0) is 14.4. The molecule has 0 spiro atoms. The maximum Gasteiger partial charge on any atom is 0.223 e. The van der Waals surface area contributed by atoms with Crippen molar-refractivity contribution in [2.75, 3.05) is 26.8 Å². The van der Waals surface area contributed by atoms with Crippen molar-refractivity contribution in [1.82, 2.24) is 9.47 Å². The molecule has 1 aromatic heterocycles. The molecule has 1 N–H and O–H groups in total. The molecule has 0 saturated carbocycles. The maximum absolute atomic E-state index is 11.7. The van der Waals surface area contributed by atoms with Crippen LogP contribution in [-0.4, -0.2) is 41.4 Å². The Morgan fingerprint density at radius 1 is 1.37 bits per heavy atom. The molecule has 0 radical (unpaired) electrons. The van der Waals surface area contributed by atoms with E-state index in [1.165, 1.54) is 6.07 Å². The molecule has 0 aliphatic carbocycles. The zero-order valence-corrected chi connectivity index (χ0v) is 12.3. The molecule has 0 amide bonds. The van der Waals surface area contributed by atoms with E-state index in [9.17, 15) is 9.90 Å². The van der Waals surface area contributed by atoms with Crippen molar-refractivity contribution in [3.05, 3.63) is 27.7 Å². The third-order valence-corrected chi connectivity index (χ3v) is 3.39. The van der Waals surface area contributed by atoms with Crippen LogP contribution in [-0.2, 0) is 17.8 Å². The molecule has 0 atom stereocenters. The van der Waals surface area contributed by atoms with Gasteiger partial charge in [-0.3, -0.25) is 9.69 Å². The number of rotatable bonds is 7. The van der Waals surface area contributed by atoms with Crippen LogP contribution < -0.4 is 5.43 Å². The summed E-state index contributed by atoms with van der Waals surface area (Å²) in [7, 11) is 1.64. The molecule has 5 heteroatoms. The standard InChI is InChI=1S/C14H24N2O3/c1-5-15(6-2)10-12-14(18)13(17)9-11(3)16(12)7-8-19-4/h9,18H,5-8,10H2,1-4H3. The first kappa shape index (κ1) is 15.7. The normalized spacial score (nSPS) is 11.2. The lowest BCUT2D eigenvalue weighted by molar-refractivity contribution is 0.182. The summed E-state index contributed by atoms with van der Waals surface area (Å²) < 4.78 is 7.05. The van der Waals surface area contributed by atoms with Crippen molar-refractivity contribution in [2.45, 2.75) is 33.9 Å². The number of hydrogen-bond acceptors (Lipinski definition) is 4. The first-order chi connectivity index (χ1) is 9.04. The summed E-state index contributed by atoms with van der Waals surface area (Å²) in [5.41, 5.74) is 1.21. The van der Waals surface area contributed by atoms with Crippen LogP contribution in [0.15, 0.2) is 10.9 Å². The fraction of sp³-hybridized carbons (Fsp3) is 0.643. The Hall–Kier alpha value is -1.33. The SMILES string of the molecule is CCN(CC)Cc1c(O)c(=O)cc(C)n1CCOC. The monoisotopic (exact) mass is 268 g/mol. The van der Waals surface area contributed by atoms with E-state index in [1.807, 2.05) is 11.5 Å². The van der Waals surface area contributed by atoms with Crippen LogP contribution >= 0.6 is 0 Å². The average Bonchev–Trinajstić information content (AvgIpc) is 2.40. The average molecular weight is 268 g/mol. The van der Waals surface area contributed by atoms with E-state index in [2.05, 4.69) is 18.7 Å². The van der Waals surface area contributed by atoms with Gasteiger partial charge in [0.25, 0.3) is 0 Å². The minimum absolute atomic E-state index is 0.145. The summed E-state index contributed by atoms with van der Waals surface area (Å²) in [4.78, 5) is 13.9. The van der Waals surface area contributed by atoms with Crippen molar-refractivity contribution in [3.63, 3.8) is 0 Å². The number of ether oxygens (including phenoxy) is 1. The van der Waals surface area contributed by atoms with Crippen LogP contribution in [0.25, 0.3) is 0 Å². The lowest BCUT2D eigenvalue weighted by atomic mass is 10.2. The Bertz CT molecular complexity index is 464. The molecular formula is C14H24N2O3. The van der Waals surface area contributed by atoms with E-state index in [1.54, 1.807) is 7.11 Å². The number of aromatic nitrogens is 1. The summed E-state index contributed by atoms with van der Waals surface area (Å²) in [6.45, 7) is 9.51. The fourth-order valence-corrected chi connectivity index (χ4v) is 2.13. The number of methoxy groups -OCH3 is 1. The van der Waals surface area contributed by atoms with Gasteiger partial charge in [-0.1, -0.05) is 13.8 Å². The maximum atomic E-state index is 11.7. The predicted octanol–water partition coefficient (Wildman–Crippen LogP) is 1.35. The third-order valence-electron chi connectivity index (χ3n) is 3.39. The van der Waals surface area contributed by atoms with Gasteiger partial charge in [0.15, 0.2) is 5.75 Å². The highest BCUT2D eigenvalue weighted by atomic mass is 16.5. The number of aryl methyl sites for hydroxylation is 1. The molecule has 0 aliphatic rings.